The van der Waals surface area contributed by atoms with E-state index in [1.165, 1.54) is 0 Å². The van der Waals surface area contributed by atoms with Crippen molar-refractivity contribution < 1.29 is 9.59 Å². The minimum absolute atomic E-state index is 0.0263. The van der Waals surface area contributed by atoms with Gasteiger partial charge in [-0.1, -0.05) is 18.2 Å². The van der Waals surface area contributed by atoms with Gasteiger partial charge in [0.2, 0.25) is 11.8 Å². The summed E-state index contributed by atoms with van der Waals surface area (Å²) >= 11 is 0. The number of hydrogen-bond donors (Lipinski definition) is 2. The van der Waals surface area contributed by atoms with Crippen LogP contribution in [0.3, 0.4) is 0 Å². The van der Waals surface area contributed by atoms with Gasteiger partial charge in [0.25, 0.3) is 0 Å². The molecule has 0 unspecified atom stereocenters. The number of rotatable bonds is 4. The highest BCUT2D eigenvalue weighted by Gasteiger charge is 2.33. The topological polar surface area (TPSA) is 93.8 Å². The smallest absolute Gasteiger partial charge is 0.242 e. The van der Waals surface area contributed by atoms with E-state index in [-0.39, 0.29) is 30.4 Å². The molecule has 1 aliphatic rings. The number of fused-ring (bicyclic) bond motifs is 1. The maximum atomic E-state index is 12.6. The highest BCUT2D eigenvalue weighted by Crippen LogP contribution is 2.23. The van der Waals surface area contributed by atoms with E-state index in [0.29, 0.717) is 12.8 Å². The maximum Gasteiger partial charge on any atom is 0.242 e. The molecule has 2 amide bonds. The summed E-state index contributed by atoms with van der Waals surface area (Å²) in [5.41, 5.74) is 0.917. The third-order valence-electron chi connectivity index (χ3n) is 4.73. The summed E-state index contributed by atoms with van der Waals surface area (Å²) in [4.78, 5) is 28.8. The van der Waals surface area contributed by atoms with Crippen LogP contribution in [0.2, 0.25) is 0 Å². The third kappa shape index (κ3) is 3.05. The molecular formula is C18H20N6O2. The number of carbonyl (C=O) groups is 2. The molecule has 26 heavy (non-hydrogen) atoms. The minimum atomic E-state index is -0.338. The summed E-state index contributed by atoms with van der Waals surface area (Å²) in [7, 11) is 1.87. The van der Waals surface area contributed by atoms with Crippen molar-refractivity contribution in [2.75, 3.05) is 0 Å². The van der Waals surface area contributed by atoms with Crippen LogP contribution in [0.1, 0.15) is 24.7 Å². The van der Waals surface area contributed by atoms with E-state index < -0.39 is 0 Å². The summed E-state index contributed by atoms with van der Waals surface area (Å²) in [6, 6.07) is 7.22. The van der Waals surface area contributed by atoms with Gasteiger partial charge in [-0.15, -0.1) is 0 Å². The second kappa shape index (κ2) is 6.62. The second-order valence-electron chi connectivity index (χ2n) is 6.52. The highest BCUT2D eigenvalue weighted by atomic mass is 16.2. The lowest BCUT2D eigenvalue weighted by Crippen LogP contribution is -2.51. The minimum Gasteiger partial charge on any atom is -0.349 e. The van der Waals surface area contributed by atoms with Crippen molar-refractivity contribution >= 4 is 22.7 Å². The largest absolute Gasteiger partial charge is 0.349 e. The first kappa shape index (κ1) is 16.3. The van der Waals surface area contributed by atoms with E-state index in [1.807, 2.05) is 42.1 Å². The molecule has 8 heteroatoms. The molecule has 2 atom stereocenters. The number of aryl methyl sites for hydroxylation is 1. The number of amides is 2. The standard InChI is InChI=1S/C18H20N6O2/c1-23-9-8-19-18(23)17-13(6-7-15(25)22-17)21-16(26)11-24-14-5-3-2-4-12(14)10-20-24/h2-5,8-10,13,17H,6-7,11H2,1H3,(H,21,26)(H,22,25)/t13-,17-/m1/s1. The SMILES string of the molecule is Cn1ccnc1[C@@H]1NC(=O)CC[C@H]1NC(=O)Cn1ncc2ccccc21. The summed E-state index contributed by atoms with van der Waals surface area (Å²) in [6.07, 6.45) is 6.22. The fourth-order valence-electron chi connectivity index (χ4n) is 3.42. The Morgan fingerprint density at radius 2 is 2.23 bits per heavy atom. The Morgan fingerprint density at radius 3 is 3.04 bits per heavy atom. The molecule has 3 heterocycles. The molecule has 1 saturated heterocycles. The Bertz CT molecular complexity index is 959. The van der Waals surface area contributed by atoms with Gasteiger partial charge >= 0.3 is 0 Å². The van der Waals surface area contributed by atoms with Gasteiger partial charge in [-0.05, 0) is 12.5 Å². The number of piperidine rings is 1. The molecule has 1 aliphatic heterocycles. The molecule has 8 nitrogen and oxygen atoms in total. The van der Waals surface area contributed by atoms with E-state index in [0.717, 1.165) is 16.7 Å². The molecule has 0 radical (unpaired) electrons. The Kier molecular flexibility index (Phi) is 4.16. The van der Waals surface area contributed by atoms with Crippen molar-refractivity contribution in [2.24, 2.45) is 7.05 Å². The second-order valence-corrected chi connectivity index (χ2v) is 6.52. The van der Waals surface area contributed by atoms with Crippen LogP contribution in [0.5, 0.6) is 0 Å². The first-order valence-corrected chi connectivity index (χ1v) is 8.58. The van der Waals surface area contributed by atoms with Crippen LogP contribution in [0.4, 0.5) is 0 Å². The summed E-state index contributed by atoms with van der Waals surface area (Å²) in [5, 5.41) is 11.3. The molecule has 3 aromatic rings. The molecule has 2 aromatic heterocycles. The van der Waals surface area contributed by atoms with Crippen LogP contribution in [0.15, 0.2) is 42.9 Å². The third-order valence-corrected chi connectivity index (χ3v) is 4.73. The molecule has 4 rings (SSSR count). The van der Waals surface area contributed by atoms with Crippen LogP contribution < -0.4 is 10.6 Å². The number of carbonyl (C=O) groups excluding carboxylic acids is 2. The van der Waals surface area contributed by atoms with Gasteiger partial charge < -0.3 is 15.2 Å². The maximum absolute atomic E-state index is 12.6. The number of imidazole rings is 1. The van der Waals surface area contributed by atoms with E-state index in [2.05, 4.69) is 20.7 Å². The number of benzene rings is 1. The quantitative estimate of drug-likeness (QED) is 0.730. The molecule has 1 aromatic carbocycles. The van der Waals surface area contributed by atoms with Crippen molar-refractivity contribution in [1.82, 2.24) is 30.0 Å². The number of nitrogens with zero attached hydrogens (tertiary/aromatic N) is 4. The normalized spacial score (nSPS) is 20.1. The average molecular weight is 352 g/mol. The van der Waals surface area contributed by atoms with E-state index >= 15 is 0 Å². The number of para-hydroxylation sites is 1. The lowest BCUT2D eigenvalue weighted by molar-refractivity contribution is -0.127. The van der Waals surface area contributed by atoms with Crippen LogP contribution in [-0.4, -0.2) is 37.2 Å². The Hall–Kier alpha value is -3.16. The van der Waals surface area contributed by atoms with Gasteiger partial charge in [0.05, 0.1) is 17.8 Å². The summed E-state index contributed by atoms with van der Waals surface area (Å²) in [6.45, 7) is 0.130. The van der Waals surface area contributed by atoms with Crippen LogP contribution >= 0.6 is 0 Å². The highest BCUT2D eigenvalue weighted by molar-refractivity contribution is 5.82. The lowest BCUT2D eigenvalue weighted by Gasteiger charge is -2.32. The Balaban J connectivity index is 1.50. The van der Waals surface area contributed by atoms with Crippen molar-refractivity contribution in [1.29, 1.82) is 0 Å². The molecule has 2 N–H and O–H groups in total. The average Bonchev–Trinajstić information content (AvgIpc) is 3.23. The van der Waals surface area contributed by atoms with Gasteiger partial charge in [0, 0.05) is 31.2 Å². The fraction of sp³-hybridized carbons (Fsp3) is 0.333. The molecule has 0 bridgehead atoms. The number of nitrogens with one attached hydrogen (secondary N) is 2. The predicted molar refractivity (Wildman–Crippen MR) is 95.0 cm³/mol. The first-order valence-electron chi connectivity index (χ1n) is 8.58. The molecular weight excluding hydrogens is 332 g/mol. The molecule has 0 saturated carbocycles. The zero-order valence-electron chi connectivity index (χ0n) is 14.4. The van der Waals surface area contributed by atoms with Crippen molar-refractivity contribution in [3.8, 4) is 0 Å². The van der Waals surface area contributed by atoms with E-state index in [4.69, 9.17) is 0 Å². The van der Waals surface area contributed by atoms with Gasteiger partial charge in [-0.2, -0.15) is 5.10 Å². The van der Waals surface area contributed by atoms with Gasteiger partial charge in [0.15, 0.2) is 0 Å². The van der Waals surface area contributed by atoms with E-state index in [1.54, 1.807) is 17.1 Å². The molecule has 0 spiro atoms. The van der Waals surface area contributed by atoms with Crippen LogP contribution in [0.25, 0.3) is 10.9 Å². The van der Waals surface area contributed by atoms with Crippen molar-refractivity contribution in [2.45, 2.75) is 31.5 Å². The molecule has 0 aliphatic carbocycles. The van der Waals surface area contributed by atoms with Crippen LogP contribution in [0, 0.1) is 0 Å². The van der Waals surface area contributed by atoms with Crippen molar-refractivity contribution in [3.05, 3.63) is 48.7 Å². The predicted octanol–water partition coefficient (Wildman–Crippen LogP) is 0.906. The number of hydrogen-bond acceptors (Lipinski definition) is 4. The summed E-state index contributed by atoms with van der Waals surface area (Å²) in [5.74, 6) is 0.564. The zero-order chi connectivity index (χ0) is 18.1. The summed E-state index contributed by atoms with van der Waals surface area (Å²) < 4.78 is 3.54. The van der Waals surface area contributed by atoms with Crippen LogP contribution in [-0.2, 0) is 23.2 Å². The van der Waals surface area contributed by atoms with Crippen molar-refractivity contribution in [3.63, 3.8) is 0 Å². The Labute approximate surface area is 150 Å². The van der Waals surface area contributed by atoms with Gasteiger partial charge in [0.1, 0.15) is 18.4 Å². The monoisotopic (exact) mass is 352 g/mol. The van der Waals surface area contributed by atoms with E-state index in [9.17, 15) is 9.59 Å². The van der Waals surface area contributed by atoms with Gasteiger partial charge in [-0.25, -0.2) is 4.98 Å². The van der Waals surface area contributed by atoms with Gasteiger partial charge in [-0.3, -0.25) is 14.3 Å². The zero-order valence-corrected chi connectivity index (χ0v) is 14.4. The number of aromatic nitrogens is 4. The molecule has 1 fully saturated rings. The lowest BCUT2D eigenvalue weighted by atomic mass is 9.97. The Morgan fingerprint density at radius 1 is 1.38 bits per heavy atom. The first-order chi connectivity index (χ1) is 12.6. The molecule has 134 valence electrons. The fourth-order valence-corrected chi connectivity index (χ4v) is 3.42.